The van der Waals surface area contributed by atoms with Gasteiger partial charge < -0.3 is 0 Å². The van der Waals surface area contributed by atoms with Crippen LogP contribution < -0.4 is 5.19 Å². The molecule has 0 N–H and O–H groups in total. The molecule has 0 unspecified atom stereocenters. The van der Waals surface area contributed by atoms with E-state index < -0.39 is 8.80 Å². The van der Waals surface area contributed by atoms with Crippen molar-refractivity contribution in [2.75, 3.05) is 0 Å². The van der Waals surface area contributed by atoms with Gasteiger partial charge in [-0.1, -0.05) is 36.5 Å². The van der Waals surface area contributed by atoms with E-state index in [1.54, 1.807) is 5.19 Å². The molecule has 0 aromatic heterocycles. The zero-order valence-corrected chi connectivity index (χ0v) is 9.81. The van der Waals surface area contributed by atoms with Gasteiger partial charge in [0, 0.05) is 5.88 Å². The van der Waals surface area contributed by atoms with Gasteiger partial charge in [0.1, 0.15) is 0 Å². The van der Waals surface area contributed by atoms with Crippen molar-refractivity contribution in [1.82, 2.24) is 0 Å². The van der Waals surface area contributed by atoms with Crippen LogP contribution >= 0.6 is 11.6 Å². The van der Waals surface area contributed by atoms with E-state index in [0.717, 1.165) is 0 Å². The maximum atomic E-state index is 5.82. The number of benzene rings is 1. The molecule has 1 rings (SSSR count). The molecule has 2 heteroatoms. The van der Waals surface area contributed by atoms with Crippen molar-refractivity contribution in [3.05, 3.63) is 29.3 Å². The molecular formula is C10H15ClSi. The average molecular weight is 199 g/mol. The Morgan fingerprint density at radius 2 is 2.00 bits per heavy atom. The molecule has 12 heavy (non-hydrogen) atoms. The first-order valence-electron chi connectivity index (χ1n) is 4.31. The summed E-state index contributed by atoms with van der Waals surface area (Å²) in [5.74, 6) is 0.640. The Balaban J connectivity index is 3.14. The highest BCUT2D eigenvalue weighted by Gasteiger charge is 2.06. The van der Waals surface area contributed by atoms with Crippen molar-refractivity contribution < 1.29 is 0 Å². The van der Waals surface area contributed by atoms with Crippen LogP contribution in [-0.4, -0.2) is 8.80 Å². The fourth-order valence-corrected chi connectivity index (χ4v) is 3.31. The maximum absolute atomic E-state index is 5.82. The van der Waals surface area contributed by atoms with Gasteiger partial charge >= 0.3 is 0 Å². The molecule has 1 aromatic carbocycles. The summed E-state index contributed by atoms with van der Waals surface area (Å²) in [4.78, 5) is 0. The molecule has 0 amide bonds. The van der Waals surface area contributed by atoms with E-state index in [1.165, 1.54) is 11.1 Å². The van der Waals surface area contributed by atoms with Crippen LogP contribution in [0, 0.1) is 6.92 Å². The fourth-order valence-electron chi connectivity index (χ4n) is 1.47. The lowest BCUT2D eigenvalue weighted by molar-refractivity contribution is 1.32. The van der Waals surface area contributed by atoms with Crippen molar-refractivity contribution in [3.63, 3.8) is 0 Å². The molecule has 0 aliphatic carbocycles. The van der Waals surface area contributed by atoms with Gasteiger partial charge in [0.15, 0.2) is 0 Å². The Kier molecular flexibility index (Phi) is 3.36. The number of halogens is 1. The first kappa shape index (κ1) is 9.81. The van der Waals surface area contributed by atoms with Gasteiger partial charge in [-0.25, -0.2) is 0 Å². The van der Waals surface area contributed by atoms with E-state index in [1.807, 2.05) is 0 Å². The number of rotatable bonds is 2. The quantitative estimate of drug-likeness (QED) is 0.506. The van der Waals surface area contributed by atoms with Crippen LogP contribution in [0.15, 0.2) is 18.2 Å². The lowest BCUT2D eigenvalue weighted by Gasteiger charge is -2.11. The molecule has 0 bridgehead atoms. The smallest absolute Gasteiger partial charge is 0.0650 e. The predicted molar refractivity (Wildman–Crippen MR) is 59.2 cm³/mol. The van der Waals surface area contributed by atoms with Crippen LogP contribution in [0.1, 0.15) is 11.1 Å². The minimum Gasteiger partial charge on any atom is -0.122 e. The zero-order chi connectivity index (χ0) is 9.14. The highest BCUT2D eigenvalue weighted by molar-refractivity contribution is 6.71. The Hall–Kier alpha value is -0.273. The summed E-state index contributed by atoms with van der Waals surface area (Å²) in [6, 6.07) is 6.47. The zero-order valence-electron chi connectivity index (χ0n) is 7.89. The van der Waals surface area contributed by atoms with Crippen LogP contribution in [-0.2, 0) is 5.88 Å². The molecule has 66 valence electrons. The average Bonchev–Trinajstić information content (AvgIpc) is 2.04. The molecule has 0 atom stereocenters. The van der Waals surface area contributed by atoms with Gasteiger partial charge in [-0.05, 0) is 18.1 Å². The summed E-state index contributed by atoms with van der Waals surface area (Å²) in [5.41, 5.74) is 2.70. The molecule has 0 aliphatic heterocycles. The van der Waals surface area contributed by atoms with E-state index in [0.29, 0.717) is 5.88 Å². The van der Waals surface area contributed by atoms with Gasteiger partial charge in [-0.2, -0.15) is 0 Å². The minimum absolute atomic E-state index is 0.640. The fraction of sp³-hybridized carbons (Fsp3) is 0.400. The van der Waals surface area contributed by atoms with Crippen LogP contribution in [0.25, 0.3) is 0 Å². The number of hydrogen-bond acceptors (Lipinski definition) is 0. The molecule has 0 saturated heterocycles. The standard InChI is InChI=1S/C10H15ClSi/c1-8-9(7-11)5-4-6-10(8)12(2)3/h4-6,12H,7H2,1-3H3. The highest BCUT2D eigenvalue weighted by atomic mass is 35.5. The Morgan fingerprint density at radius 1 is 1.33 bits per heavy atom. The Labute approximate surface area is 81.2 Å². The molecule has 0 nitrogen and oxygen atoms in total. The molecule has 0 aliphatic rings. The third-order valence-corrected chi connectivity index (χ3v) is 4.41. The van der Waals surface area contributed by atoms with Crippen molar-refractivity contribution in [1.29, 1.82) is 0 Å². The van der Waals surface area contributed by atoms with Gasteiger partial charge in [-0.15, -0.1) is 11.6 Å². The van der Waals surface area contributed by atoms with Gasteiger partial charge in [0.2, 0.25) is 0 Å². The highest BCUT2D eigenvalue weighted by Crippen LogP contribution is 2.08. The second-order valence-electron chi connectivity index (χ2n) is 3.42. The summed E-state index contributed by atoms with van der Waals surface area (Å²) in [6.07, 6.45) is 0. The van der Waals surface area contributed by atoms with Crippen molar-refractivity contribution in [2.45, 2.75) is 25.9 Å². The summed E-state index contributed by atoms with van der Waals surface area (Å²) in [7, 11) is -0.669. The predicted octanol–water partition coefficient (Wildman–Crippen LogP) is 2.43. The first-order chi connectivity index (χ1) is 5.66. The van der Waals surface area contributed by atoms with E-state index >= 15 is 0 Å². The molecular weight excluding hydrogens is 184 g/mol. The van der Waals surface area contributed by atoms with Gasteiger partial charge in [0.25, 0.3) is 0 Å². The van der Waals surface area contributed by atoms with E-state index in [9.17, 15) is 0 Å². The summed E-state index contributed by atoms with van der Waals surface area (Å²) < 4.78 is 0. The molecule has 0 radical (unpaired) electrons. The first-order valence-corrected chi connectivity index (χ1v) is 7.73. The lowest BCUT2D eigenvalue weighted by Crippen LogP contribution is -2.26. The van der Waals surface area contributed by atoms with Crippen molar-refractivity contribution in [2.24, 2.45) is 0 Å². The third kappa shape index (κ3) is 1.90. The maximum Gasteiger partial charge on any atom is 0.0650 e. The second kappa shape index (κ2) is 4.10. The SMILES string of the molecule is Cc1c(CCl)cccc1[SiH](C)C. The molecule has 1 aromatic rings. The van der Waals surface area contributed by atoms with Crippen LogP contribution in [0.5, 0.6) is 0 Å². The van der Waals surface area contributed by atoms with Crippen LogP contribution in [0.2, 0.25) is 13.1 Å². The van der Waals surface area contributed by atoms with Gasteiger partial charge in [-0.3, -0.25) is 0 Å². The van der Waals surface area contributed by atoms with Crippen LogP contribution in [0.4, 0.5) is 0 Å². The number of alkyl halides is 1. The van der Waals surface area contributed by atoms with Crippen molar-refractivity contribution >= 4 is 25.6 Å². The van der Waals surface area contributed by atoms with Crippen molar-refractivity contribution in [3.8, 4) is 0 Å². The van der Waals surface area contributed by atoms with Gasteiger partial charge in [0.05, 0.1) is 8.80 Å². The van der Waals surface area contributed by atoms with E-state index in [4.69, 9.17) is 11.6 Å². The third-order valence-electron chi connectivity index (χ3n) is 2.25. The second-order valence-corrected chi connectivity index (χ2v) is 6.62. The number of hydrogen-bond donors (Lipinski definition) is 0. The molecule has 0 fully saturated rings. The monoisotopic (exact) mass is 198 g/mol. The normalized spacial score (nSPS) is 10.8. The Bertz CT molecular complexity index is 269. The lowest BCUT2D eigenvalue weighted by atomic mass is 10.1. The minimum atomic E-state index is -0.669. The molecule has 0 spiro atoms. The summed E-state index contributed by atoms with van der Waals surface area (Å²) in [5, 5.41) is 1.55. The molecule has 0 heterocycles. The van der Waals surface area contributed by atoms with E-state index in [2.05, 4.69) is 38.2 Å². The largest absolute Gasteiger partial charge is 0.122 e. The summed E-state index contributed by atoms with van der Waals surface area (Å²) in [6.45, 7) is 6.88. The van der Waals surface area contributed by atoms with E-state index in [-0.39, 0.29) is 0 Å². The Morgan fingerprint density at radius 3 is 2.50 bits per heavy atom. The van der Waals surface area contributed by atoms with Crippen LogP contribution in [0.3, 0.4) is 0 Å². The molecule has 0 saturated carbocycles. The topological polar surface area (TPSA) is 0 Å². The summed E-state index contributed by atoms with van der Waals surface area (Å²) >= 11 is 5.82.